The zero-order valence-electron chi connectivity index (χ0n) is 16.5. The Balaban J connectivity index is 1.52. The molecule has 0 aliphatic carbocycles. The predicted molar refractivity (Wildman–Crippen MR) is 118 cm³/mol. The lowest BCUT2D eigenvalue weighted by Gasteiger charge is -2.15. The summed E-state index contributed by atoms with van der Waals surface area (Å²) in [5, 5.41) is 11.1. The second kappa shape index (κ2) is 9.41. The van der Waals surface area contributed by atoms with Gasteiger partial charge in [-0.3, -0.25) is 4.79 Å². The number of thioether (sulfide) groups is 1. The Bertz CT molecular complexity index is 1100. The molecule has 0 saturated heterocycles. The lowest BCUT2D eigenvalue weighted by atomic mass is 10.1. The van der Waals surface area contributed by atoms with Crippen LogP contribution in [0.1, 0.15) is 27.8 Å². The van der Waals surface area contributed by atoms with Gasteiger partial charge in [-0.2, -0.15) is 0 Å². The van der Waals surface area contributed by atoms with Crippen LogP contribution >= 0.6 is 11.8 Å². The molecule has 150 valence electrons. The molecule has 1 N–H and O–H groups in total. The van der Waals surface area contributed by atoms with E-state index in [0.29, 0.717) is 17.5 Å². The lowest BCUT2D eigenvalue weighted by molar-refractivity contribution is -0.115. The quantitative estimate of drug-likeness (QED) is 0.407. The van der Waals surface area contributed by atoms with Gasteiger partial charge in [-0.05, 0) is 41.9 Å². The molecule has 4 rings (SSSR count). The smallest absolute Gasteiger partial charge is 0.277 e. The number of nitrogens with one attached hydrogen (secondary N) is 1. The highest BCUT2D eigenvalue weighted by Gasteiger charge is 2.25. The summed E-state index contributed by atoms with van der Waals surface area (Å²) >= 11 is 1.25. The van der Waals surface area contributed by atoms with Gasteiger partial charge in [-0.15, -0.1) is 10.2 Å². The molecule has 0 fully saturated rings. The van der Waals surface area contributed by atoms with Crippen molar-refractivity contribution in [3.05, 3.63) is 108 Å². The minimum atomic E-state index is -0.516. The number of hydrogen-bond donors (Lipinski definition) is 1. The van der Waals surface area contributed by atoms with Crippen molar-refractivity contribution in [2.24, 2.45) is 0 Å². The van der Waals surface area contributed by atoms with Gasteiger partial charge in [0.05, 0.1) is 6.42 Å². The van der Waals surface area contributed by atoms with Crippen LogP contribution in [-0.2, 0) is 11.2 Å². The number of carbonyl (C=O) groups is 1. The molecule has 0 spiro atoms. The highest BCUT2D eigenvalue weighted by molar-refractivity contribution is 8.00. The summed E-state index contributed by atoms with van der Waals surface area (Å²) < 4.78 is 5.82. The standard InChI is InChI=1S/C24H21N3O2S/c1-17-12-14-20(15-13-17)25-23(28)22(19-10-6-3-7-11-19)30-24-27-26-21(29-24)16-18-8-4-2-5-9-18/h2-15,22H,16H2,1H3,(H,25,28)/t22-/m1/s1. The number of rotatable bonds is 7. The topological polar surface area (TPSA) is 68.0 Å². The molecule has 0 radical (unpaired) electrons. The normalized spacial score (nSPS) is 11.8. The van der Waals surface area contributed by atoms with Crippen LogP contribution in [0.15, 0.2) is 94.6 Å². The molecule has 1 heterocycles. The number of hydrogen-bond acceptors (Lipinski definition) is 5. The highest BCUT2D eigenvalue weighted by Crippen LogP contribution is 2.35. The molecule has 0 aliphatic rings. The van der Waals surface area contributed by atoms with E-state index in [1.165, 1.54) is 11.8 Å². The zero-order valence-corrected chi connectivity index (χ0v) is 17.3. The second-order valence-corrected chi connectivity index (χ2v) is 7.94. The van der Waals surface area contributed by atoms with Gasteiger partial charge in [0.25, 0.3) is 5.22 Å². The van der Waals surface area contributed by atoms with Gasteiger partial charge >= 0.3 is 0 Å². The molecular weight excluding hydrogens is 394 g/mol. The Kier molecular flexibility index (Phi) is 6.25. The number of amides is 1. The summed E-state index contributed by atoms with van der Waals surface area (Å²) in [4.78, 5) is 13.1. The Morgan fingerprint density at radius 1 is 0.933 bits per heavy atom. The van der Waals surface area contributed by atoms with Gasteiger partial charge in [0.1, 0.15) is 5.25 Å². The van der Waals surface area contributed by atoms with Gasteiger partial charge in [0.2, 0.25) is 11.8 Å². The van der Waals surface area contributed by atoms with Crippen molar-refractivity contribution in [2.75, 3.05) is 5.32 Å². The van der Waals surface area contributed by atoms with E-state index < -0.39 is 5.25 Å². The van der Waals surface area contributed by atoms with E-state index in [0.717, 1.165) is 22.4 Å². The number of carbonyl (C=O) groups excluding carboxylic acids is 1. The Labute approximate surface area is 179 Å². The summed E-state index contributed by atoms with van der Waals surface area (Å²) in [5.41, 5.74) is 3.85. The number of aromatic nitrogens is 2. The van der Waals surface area contributed by atoms with E-state index in [1.807, 2.05) is 91.9 Å². The zero-order chi connectivity index (χ0) is 20.8. The third-order valence-corrected chi connectivity index (χ3v) is 5.61. The van der Waals surface area contributed by atoms with Crippen molar-refractivity contribution in [1.82, 2.24) is 10.2 Å². The summed E-state index contributed by atoms with van der Waals surface area (Å²) in [7, 11) is 0. The van der Waals surface area contributed by atoms with Crippen LogP contribution in [0.25, 0.3) is 0 Å². The first-order valence-corrected chi connectivity index (χ1v) is 10.5. The first kappa shape index (κ1) is 19.9. The number of benzene rings is 3. The van der Waals surface area contributed by atoms with E-state index in [1.54, 1.807) is 0 Å². The molecule has 0 unspecified atom stereocenters. The molecule has 1 aromatic heterocycles. The third-order valence-electron chi connectivity index (χ3n) is 4.52. The van der Waals surface area contributed by atoms with Gasteiger partial charge in [0, 0.05) is 5.69 Å². The van der Waals surface area contributed by atoms with Crippen LogP contribution in [0.2, 0.25) is 0 Å². The highest BCUT2D eigenvalue weighted by atomic mass is 32.2. The van der Waals surface area contributed by atoms with E-state index in [-0.39, 0.29) is 5.91 Å². The molecule has 4 aromatic rings. The van der Waals surface area contributed by atoms with Crippen molar-refractivity contribution in [3.8, 4) is 0 Å². The molecular formula is C24H21N3O2S. The number of nitrogens with zero attached hydrogens (tertiary/aromatic N) is 2. The first-order chi connectivity index (χ1) is 14.7. The van der Waals surface area contributed by atoms with Gasteiger partial charge in [-0.25, -0.2) is 0 Å². The fraction of sp³-hybridized carbons (Fsp3) is 0.125. The molecule has 6 heteroatoms. The second-order valence-electron chi connectivity index (χ2n) is 6.89. The molecule has 1 amide bonds. The van der Waals surface area contributed by atoms with Crippen molar-refractivity contribution in [1.29, 1.82) is 0 Å². The van der Waals surface area contributed by atoms with Crippen LogP contribution < -0.4 is 5.32 Å². The van der Waals surface area contributed by atoms with Crippen LogP contribution in [0, 0.1) is 6.92 Å². The number of aryl methyl sites for hydroxylation is 1. The maximum absolute atomic E-state index is 13.1. The third kappa shape index (κ3) is 5.15. The maximum Gasteiger partial charge on any atom is 0.277 e. The lowest BCUT2D eigenvalue weighted by Crippen LogP contribution is -2.19. The van der Waals surface area contributed by atoms with Crippen molar-refractivity contribution < 1.29 is 9.21 Å². The molecule has 0 aliphatic heterocycles. The van der Waals surface area contributed by atoms with Crippen molar-refractivity contribution >= 4 is 23.4 Å². The largest absolute Gasteiger partial charge is 0.416 e. The fourth-order valence-electron chi connectivity index (χ4n) is 2.97. The number of anilines is 1. The van der Waals surface area contributed by atoms with E-state index in [2.05, 4.69) is 15.5 Å². The molecule has 3 aromatic carbocycles. The van der Waals surface area contributed by atoms with Crippen LogP contribution in [-0.4, -0.2) is 16.1 Å². The predicted octanol–water partition coefficient (Wildman–Crippen LogP) is 5.44. The maximum atomic E-state index is 13.1. The monoisotopic (exact) mass is 415 g/mol. The van der Waals surface area contributed by atoms with Gasteiger partial charge < -0.3 is 9.73 Å². The minimum Gasteiger partial charge on any atom is -0.416 e. The summed E-state index contributed by atoms with van der Waals surface area (Å²) in [6.45, 7) is 2.01. The Morgan fingerprint density at radius 3 is 2.30 bits per heavy atom. The minimum absolute atomic E-state index is 0.141. The molecule has 1 atom stereocenters. The summed E-state index contributed by atoms with van der Waals surface area (Å²) in [6.07, 6.45) is 0.556. The summed E-state index contributed by atoms with van der Waals surface area (Å²) in [5.74, 6) is 0.382. The van der Waals surface area contributed by atoms with E-state index in [9.17, 15) is 4.79 Å². The van der Waals surface area contributed by atoms with Crippen LogP contribution in [0.5, 0.6) is 0 Å². The van der Waals surface area contributed by atoms with Crippen LogP contribution in [0.4, 0.5) is 5.69 Å². The fourth-order valence-corrected chi connectivity index (χ4v) is 3.87. The van der Waals surface area contributed by atoms with E-state index >= 15 is 0 Å². The molecule has 5 nitrogen and oxygen atoms in total. The molecule has 0 saturated carbocycles. The summed E-state index contributed by atoms with van der Waals surface area (Å²) in [6, 6.07) is 27.3. The Morgan fingerprint density at radius 2 is 1.60 bits per heavy atom. The average molecular weight is 416 g/mol. The van der Waals surface area contributed by atoms with Crippen molar-refractivity contribution in [2.45, 2.75) is 23.8 Å². The molecule has 30 heavy (non-hydrogen) atoms. The SMILES string of the molecule is Cc1ccc(NC(=O)[C@H](Sc2nnc(Cc3ccccc3)o2)c2ccccc2)cc1. The molecule has 0 bridgehead atoms. The first-order valence-electron chi connectivity index (χ1n) is 9.63. The average Bonchev–Trinajstić information content (AvgIpc) is 3.22. The van der Waals surface area contributed by atoms with Crippen LogP contribution in [0.3, 0.4) is 0 Å². The van der Waals surface area contributed by atoms with Gasteiger partial charge in [0.15, 0.2) is 0 Å². The van der Waals surface area contributed by atoms with Gasteiger partial charge in [-0.1, -0.05) is 78.4 Å². The van der Waals surface area contributed by atoms with E-state index in [4.69, 9.17) is 4.42 Å². The van der Waals surface area contributed by atoms with Crippen molar-refractivity contribution in [3.63, 3.8) is 0 Å². The Hall–Kier alpha value is -3.38.